The van der Waals surface area contributed by atoms with E-state index >= 15 is 0 Å². The van der Waals surface area contributed by atoms with Gasteiger partial charge in [-0.3, -0.25) is 37.3 Å². The number of ether oxygens (including phenoxy) is 4. The normalized spacial score (nSPS) is 13.8. The maximum atomic E-state index is 13.1. The van der Waals surface area contributed by atoms with Crippen molar-refractivity contribution in [2.75, 3.05) is 39.6 Å². The Morgan fingerprint density at radius 2 is 0.451 bits per heavy atom. The molecule has 0 aromatic rings. The zero-order valence-corrected chi connectivity index (χ0v) is 68.5. The maximum absolute atomic E-state index is 13.1. The molecule has 0 aliphatic carbocycles. The van der Waals surface area contributed by atoms with Crippen LogP contribution >= 0.6 is 15.6 Å². The summed E-state index contributed by atoms with van der Waals surface area (Å²) in [4.78, 5) is 73.1. The average Bonchev–Trinajstić information content (AvgIpc) is 1.07. The minimum Gasteiger partial charge on any atom is -0.462 e. The lowest BCUT2D eigenvalue weighted by molar-refractivity contribution is -0.161. The van der Waals surface area contributed by atoms with Gasteiger partial charge in [0.25, 0.3) is 0 Å². The van der Waals surface area contributed by atoms with Crippen LogP contribution in [0.2, 0.25) is 0 Å². The van der Waals surface area contributed by atoms with E-state index in [4.69, 9.17) is 37.0 Å². The van der Waals surface area contributed by atoms with E-state index in [1.807, 2.05) is 0 Å². The number of phosphoric acid groups is 2. The Kier molecular flexibility index (Phi) is 74.4. The van der Waals surface area contributed by atoms with Crippen LogP contribution in [0, 0.1) is 5.92 Å². The number of phosphoric ester groups is 2. The third-order valence-corrected chi connectivity index (χ3v) is 21.4. The molecule has 0 heterocycles. The van der Waals surface area contributed by atoms with Gasteiger partial charge in [-0.2, -0.15) is 0 Å². The second-order valence-electron chi connectivity index (χ2n) is 30.3. The van der Waals surface area contributed by atoms with Crippen LogP contribution in [0.3, 0.4) is 0 Å². The van der Waals surface area contributed by atoms with Gasteiger partial charge in [-0.15, -0.1) is 0 Å². The number of hydrogen-bond donors (Lipinski definition) is 3. The zero-order valence-electron chi connectivity index (χ0n) is 66.8. The molecule has 17 nitrogen and oxygen atoms in total. The number of aliphatic hydroxyl groups excluding tert-OH is 1. The Balaban J connectivity index is 5.23. The van der Waals surface area contributed by atoms with Gasteiger partial charge in [0.05, 0.1) is 26.4 Å². The van der Waals surface area contributed by atoms with Crippen LogP contribution < -0.4 is 0 Å². The first kappa shape index (κ1) is 100. The number of carbonyl (C=O) groups is 4. The van der Waals surface area contributed by atoms with Crippen LogP contribution in [0.1, 0.15) is 446 Å². The van der Waals surface area contributed by atoms with Crippen molar-refractivity contribution >= 4 is 39.5 Å². The largest absolute Gasteiger partial charge is 0.472 e. The zero-order chi connectivity index (χ0) is 74.8. The van der Waals surface area contributed by atoms with Gasteiger partial charge in [-0.05, 0) is 31.6 Å². The number of rotatable bonds is 83. The lowest BCUT2D eigenvalue weighted by Gasteiger charge is -2.21. The molecule has 0 amide bonds. The van der Waals surface area contributed by atoms with E-state index in [1.54, 1.807) is 0 Å². The van der Waals surface area contributed by atoms with Crippen LogP contribution in [0.5, 0.6) is 0 Å². The van der Waals surface area contributed by atoms with Crippen LogP contribution in [0.15, 0.2) is 0 Å². The fourth-order valence-electron chi connectivity index (χ4n) is 12.9. The van der Waals surface area contributed by atoms with Crippen LogP contribution in [0.4, 0.5) is 0 Å². The topological polar surface area (TPSA) is 237 Å². The van der Waals surface area contributed by atoms with Crippen molar-refractivity contribution in [1.29, 1.82) is 0 Å². The van der Waals surface area contributed by atoms with Gasteiger partial charge < -0.3 is 33.8 Å². The molecule has 5 atom stereocenters. The Morgan fingerprint density at radius 3 is 0.667 bits per heavy atom. The lowest BCUT2D eigenvalue weighted by atomic mass is 10.0. The molecule has 3 N–H and O–H groups in total. The molecule has 2 unspecified atom stereocenters. The highest BCUT2D eigenvalue weighted by Gasteiger charge is 2.30. The summed E-state index contributed by atoms with van der Waals surface area (Å²) in [6.45, 7) is 7.37. The molecular formula is C83H162O17P2. The second-order valence-corrected chi connectivity index (χ2v) is 33.3. The minimum absolute atomic E-state index is 0.109. The highest BCUT2D eigenvalue weighted by atomic mass is 31.2. The quantitative estimate of drug-likeness (QED) is 0.0222. The first-order valence-electron chi connectivity index (χ1n) is 43.1. The monoisotopic (exact) mass is 1490 g/mol. The molecule has 19 heteroatoms. The van der Waals surface area contributed by atoms with Gasteiger partial charge in [0.15, 0.2) is 12.2 Å². The fourth-order valence-corrected chi connectivity index (χ4v) is 14.5. The third-order valence-electron chi connectivity index (χ3n) is 19.5. The van der Waals surface area contributed by atoms with Crippen molar-refractivity contribution in [3.63, 3.8) is 0 Å². The van der Waals surface area contributed by atoms with E-state index in [2.05, 4.69) is 34.6 Å². The number of carbonyl (C=O) groups excluding carboxylic acids is 4. The number of unbranched alkanes of at least 4 members (excludes halogenated alkanes) is 55. The summed E-state index contributed by atoms with van der Waals surface area (Å²) in [5.41, 5.74) is 0. The summed E-state index contributed by atoms with van der Waals surface area (Å²) in [6.07, 6.45) is 67.9. The standard InChI is InChI=1S/C83H162O17P2/c1-6-9-12-15-18-21-24-26-28-30-31-35-38-42-47-52-57-62-67-81(86)94-73-79(100-83(88)69-64-59-54-49-44-40-36-32-33-37-41-45-50-55-60-65-76(4)5)75-98-102(91,92)96-71-77(84)70-95-101(89,90)97-74-78(72-93-80(85)66-61-56-51-46-23-20-17-14-11-8-3)99-82(87)68-63-58-53-48-43-39-34-29-27-25-22-19-16-13-10-7-2/h76-79,84H,6-75H2,1-5H3,(H,89,90)(H,91,92)/t77-,78+,79+/m0/s1. The molecule has 0 aromatic heterocycles. The first-order valence-corrected chi connectivity index (χ1v) is 46.1. The lowest BCUT2D eigenvalue weighted by Crippen LogP contribution is -2.30. The molecule has 0 radical (unpaired) electrons. The van der Waals surface area contributed by atoms with Gasteiger partial charge in [0.2, 0.25) is 0 Å². The molecule has 0 aliphatic heterocycles. The average molecular weight is 1490 g/mol. The predicted octanol–water partition coefficient (Wildman–Crippen LogP) is 25.2. The van der Waals surface area contributed by atoms with Crippen molar-refractivity contribution in [2.45, 2.75) is 464 Å². The number of hydrogen-bond acceptors (Lipinski definition) is 15. The molecule has 0 saturated heterocycles. The van der Waals surface area contributed by atoms with E-state index in [0.717, 1.165) is 95.8 Å². The molecule has 606 valence electrons. The van der Waals surface area contributed by atoms with Gasteiger partial charge in [0, 0.05) is 25.7 Å². The Bertz CT molecular complexity index is 1940. The number of aliphatic hydroxyl groups is 1. The Morgan fingerprint density at radius 1 is 0.265 bits per heavy atom. The van der Waals surface area contributed by atoms with Gasteiger partial charge in [-0.25, -0.2) is 9.13 Å². The van der Waals surface area contributed by atoms with Gasteiger partial charge >= 0.3 is 39.5 Å². The Hall–Kier alpha value is -1.94. The molecule has 0 aliphatic rings. The molecular weight excluding hydrogens is 1330 g/mol. The van der Waals surface area contributed by atoms with Crippen LogP contribution in [-0.4, -0.2) is 96.7 Å². The van der Waals surface area contributed by atoms with E-state index in [1.165, 1.54) is 270 Å². The summed E-state index contributed by atoms with van der Waals surface area (Å²) in [5.74, 6) is -1.30. The summed E-state index contributed by atoms with van der Waals surface area (Å²) >= 11 is 0. The van der Waals surface area contributed by atoms with Crippen LogP contribution in [-0.2, 0) is 65.4 Å². The van der Waals surface area contributed by atoms with Gasteiger partial charge in [-0.1, -0.05) is 394 Å². The smallest absolute Gasteiger partial charge is 0.462 e. The second kappa shape index (κ2) is 75.9. The van der Waals surface area contributed by atoms with E-state index in [9.17, 15) is 43.2 Å². The van der Waals surface area contributed by atoms with Crippen LogP contribution in [0.25, 0.3) is 0 Å². The Labute approximate surface area is 626 Å². The van der Waals surface area contributed by atoms with Crippen molar-refractivity contribution in [2.24, 2.45) is 5.92 Å². The maximum Gasteiger partial charge on any atom is 0.472 e. The summed E-state index contributed by atoms with van der Waals surface area (Å²) in [5, 5.41) is 10.7. The van der Waals surface area contributed by atoms with E-state index < -0.39 is 97.5 Å². The van der Waals surface area contributed by atoms with Crippen molar-refractivity contribution < 1.29 is 80.2 Å². The SMILES string of the molecule is CCCCCCCCCCCCCCCCCCCCC(=O)OC[C@H](COP(=O)(O)OC[C@@H](O)COP(=O)(O)OC[C@@H](COC(=O)CCCCCCCCCCCC)OC(=O)CCCCCCCCCCCCCCCCCC)OC(=O)CCCCCCCCCCCCCCCCCC(C)C. The van der Waals surface area contributed by atoms with Crippen molar-refractivity contribution in [3.8, 4) is 0 Å². The molecule has 0 spiro atoms. The predicted molar refractivity (Wildman–Crippen MR) is 418 cm³/mol. The molecule has 102 heavy (non-hydrogen) atoms. The highest BCUT2D eigenvalue weighted by Crippen LogP contribution is 2.45. The van der Waals surface area contributed by atoms with E-state index in [-0.39, 0.29) is 25.7 Å². The molecule has 0 bridgehead atoms. The highest BCUT2D eigenvalue weighted by molar-refractivity contribution is 7.47. The molecule has 0 saturated carbocycles. The summed E-state index contributed by atoms with van der Waals surface area (Å²) in [6, 6.07) is 0. The summed E-state index contributed by atoms with van der Waals surface area (Å²) < 4.78 is 68.8. The first-order chi connectivity index (χ1) is 49.5. The summed E-state index contributed by atoms with van der Waals surface area (Å²) in [7, 11) is -9.92. The van der Waals surface area contributed by atoms with Crippen molar-refractivity contribution in [3.05, 3.63) is 0 Å². The van der Waals surface area contributed by atoms with Gasteiger partial charge in [0.1, 0.15) is 19.3 Å². The van der Waals surface area contributed by atoms with E-state index in [0.29, 0.717) is 25.7 Å². The molecule has 0 fully saturated rings. The number of esters is 4. The van der Waals surface area contributed by atoms with Crippen molar-refractivity contribution in [1.82, 2.24) is 0 Å². The fraction of sp³-hybridized carbons (Fsp3) is 0.952. The third kappa shape index (κ3) is 76.3. The molecule has 0 rings (SSSR count). The molecule has 0 aromatic carbocycles. The minimum atomic E-state index is -4.96.